The van der Waals surface area contributed by atoms with Crippen molar-refractivity contribution in [2.45, 2.75) is 33.1 Å². The maximum atomic E-state index is 12.0. The number of likely N-dealkylation sites (N-methyl/N-ethyl adjacent to an activating group) is 1. The molecular formula is C13H21N3O3. The maximum absolute atomic E-state index is 12.0. The highest BCUT2D eigenvalue weighted by Crippen LogP contribution is 2.11. The number of aryl methyl sites for hydroxylation is 2. The number of carbonyl (C=O) groups is 2. The Morgan fingerprint density at radius 3 is 2.58 bits per heavy atom. The molecule has 0 unspecified atom stereocenters. The molecular weight excluding hydrogens is 246 g/mol. The van der Waals surface area contributed by atoms with Gasteiger partial charge in [-0.3, -0.25) is 14.7 Å². The van der Waals surface area contributed by atoms with Crippen molar-refractivity contribution in [1.82, 2.24) is 15.1 Å². The van der Waals surface area contributed by atoms with Gasteiger partial charge in [-0.05, 0) is 20.3 Å². The largest absolute Gasteiger partial charge is 0.469 e. The highest BCUT2D eigenvalue weighted by molar-refractivity contribution is 5.79. The first-order valence-corrected chi connectivity index (χ1v) is 6.27. The summed E-state index contributed by atoms with van der Waals surface area (Å²) < 4.78 is 4.55. The molecule has 0 radical (unpaired) electrons. The van der Waals surface area contributed by atoms with Gasteiger partial charge in [-0.1, -0.05) is 0 Å². The average Bonchev–Trinajstić information content (AvgIpc) is 2.69. The number of hydrogen-bond donors (Lipinski definition) is 1. The monoisotopic (exact) mass is 267 g/mol. The second kappa shape index (κ2) is 6.92. The molecule has 0 aromatic carbocycles. The maximum Gasteiger partial charge on any atom is 0.305 e. The van der Waals surface area contributed by atoms with Gasteiger partial charge in [-0.25, -0.2) is 0 Å². The second-order valence-corrected chi connectivity index (χ2v) is 4.58. The van der Waals surface area contributed by atoms with Gasteiger partial charge < -0.3 is 9.64 Å². The minimum Gasteiger partial charge on any atom is -0.469 e. The molecule has 1 aromatic heterocycles. The molecule has 0 aliphatic rings. The predicted molar refractivity (Wildman–Crippen MR) is 70.7 cm³/mol. The SMILES string of the molecule is COC(=O)CCCN(C)C(=O)Cc1c(C)n[nH]c1C. The van der Waals surface area contributed by atoms with Crippen LogP contribution < -0.4 is 0 Å². The van der Waals surface area contributed by atoms with Crippen LogP contribution >= 0.6 is 0 Å². The third-order valence-electron chi connectivity index (χ3n) is 3.14. The van der Waals surface area contributed by atoms with E-state index in [0.29, 0.717) is 25.8 Å². The fourth-order valence-electron chi connectivity index (χ4n) is 1.81. The molecule has 1 rings (SSSR count). The third-order valence-corrected chi connectivity index (χ3v) is 3.14. The fraction of sp³-hybridized carbons (Fsp3) is 0.615. The molecule has 19 heavy (non-hydrogen) atoms. The number of methoxy groups -OCH3 is 1. The van der Waals surface area contributed by atoms with E-state index >= 15 is 0 Å². The average molecular weight is 267 g/mol. The number of hydrogen-bond acceptors (Lipinski definition) is 4. The minimum absolute atomic E-state index is 0.0254. The molecule has 0 saturated heterocycles. The molecule has 0 spiro atoms. The summed E-state index contributed by atoms with van der Waals surface area (Å²) in [4.78, 5) is 24.6. The van der Waals surface area contributed by atoms with Gasteiger partial charge in [0.25, 0.3) is 0 Å². The van der Waals surface area contributed by atoms with E-state index in [1.165, 1.54) is 7.11 Å². The van der Waals surface area contributed by atoms with Crippen LogP contribution in [-0.4, -0.2) is 47.7 Å². The summed E-state index contributed by atoms with van der Waals surface area (Å²) in [6.07, 6.45) is 1.28. The molecule has 6 nitrogen and oxygen atoms in total. The van der Waals surface area contributed by atoms with E-state index in [1.54, 1.807) is 11.9 Å². The van der Waals surface area contributed by atoms with E-state index in [9.17, 15) is 9.59 Å². The third kappa shape index (κ3) is 4.39. The number of nitrogens with zero attached hydrogens (tertiary/aromatic N) is 2. The van der Waals surface area contributed by atoms with Crippen molar-refractivity contribution in [2.24, 2.45) is 0 Å². The van der Waals surface area contributed by atoms with Crippen LogP contribution in [0.1, 0.15) is 29.8 Å². The van der Waals surface area contributed by atoms with Crippen molar-refractivity contribution < 1.29 is 14.3 Å². The first kappa shape index (κ1) is 15.2. The predicted octanol–water partition coefficient (Wildman–Crippen LogP) is 0.981. The smallest absolute Gasteiger partial charge is 0.305 e. The quantitative estimate of drug-likeness (QED) is 0.780. The van der Waals surface area contributed by atoms with Gasteiger partial charge in [0, 0.05) is 31.3 Å². The number of carbonyl (C=O) groups excluding carboxylic acids is 2. The molecule has 106 valence electrons. The van der Waals surface area contributed by atoms with Crippen molar-refractivity contribution >= 4 is 11.9 Å². The summed E-state index contributed by atoms with van der Waals surface area (Å²) in [5.41, 5.74) is 2.73. The second-order valence-electron chi connectivity index (χ2n) is 4.58. The molecule has 1 heterocycles. The van der Waals surface area contributed by atoms with Crippen LogP contribution in [0.25, 0.3) is 0 Å². The standard InChI is InChI=1S/C13H21N3O3/c1-9-11(10(2)15-14-9)8-12(17)16(3)7-5-6-13(18)19-4/h5-8H2,1-4H3,(H,14,15). The molecule has 1 N–H and O–H groups in total. The van der Waals surface area contributed by atoms with Crippen molar-refractivity contribution in [3.63, 3.8) is 0 Å². The van der Waals surface area contributed by atoms with Gasteiger partial charge in [-0.2, -0.15) is 5.10 Å². The zero-order valence-electron chi connectivity index (χ0n) is 11.9. The zero-order valence-corrected chi connectivity index (χ0v) is 11.9. The van der Waals surface area contributed by atoms with E-state index in [0.717, 1.165) is 17.0 Å². The zero-order chi connectivity index (χ0) is 14.4. The van der Waals surface area contributed by atoms with Crippen LogP contribution in [0, 0.1) is 13.8 Å². The lowest BCUT2D eigenvalue weighted by Gasteiger charge is -2.16. The van der Waals surface area contributed by atoms with Crippen LogP contribution in [0.3, 0.4) is 0 Å². The molecule has 0 saturated carbocycles. The molecule has 1 aromatic rings. The van der Waals surface area contributed by atoms with Gasteiger partial charge in [0.2, 0.25) is 5.91 Å². The van der Waals surface area contributed by atoms with E-state index in [2.05, 4.69) is 14.9 Å². The number of esters is 1. The summed E-state index contributed by atoms with van der Waals surface area (Å²) in [5.74, 6) is -0.222. The summed E-state index contributed by atoms with van der Waals surface area (Å²) >= 11 is 0. The van der Waals surface area contributed by atoms with Gasteiger partial charge in [0.05, 0.1) is 19.2 Å². The van der Waals surface area contributed by atoms with Crippen LogP contribution in [0.5, 0.6) is 0 Å². The van der Waals surface area contributed by atoms with Gasteiger partial charge >= 0.3 is 5.97 Å². The number of nitrogens with one attached hydrogen (secondary N) is 1. The van der Waals surface area contributed by atoms with E-state index in [1.807, 2.05) is 13.8 Å². The van der Waals surface area contributed by atoms with Crippen molar-refractivity contribution in [2.75, 3.05) is 20.7 Å². The normalized spacial score (nSPS) is 10.3. The Balaban J connectivity index is 2.43. The molecule has 0 fully saturated rings. The summed E-state index contributed by atoms with van der Waals surface area (Å²) in [6.45, 7) is 4.33. The Hall–Kier alpha value is -1.85. The molecule has 6 heteroatoms. The Bertz CT molecular complexity index is 434. The fourth-order valence-corrected chi connectivity index (χ4v) is 1.81. The van der Waals surface area contributed by atoms with E-state index < -0.39 is 0 Å². The van der Waals surface area contributed by atoms with Crippen LogP contribution in [0.4, 0.5) is 0 Å². The van der Waals surface area contributed by atoms with Gasteiger partial charge in [0.1, 0.15) is 0 Å². The van der Waals surface area contributed by atoms with Crippen molar-refractivity contribution in [3.05, 3.63) is 17.0 Å². The van der Waals surface area contributed by atoms with E-state index in [-0.39, 0.29) is 11.9 Å². The molecule has 0 bridgehead atoms. The Labute approximate surface area is 113 Å². The number of ether oxygens (including phenoxy) is 1. The minimum atomic E-state index is -0.248. The highest BCUT2D eigenvalue weighted by Gasteiger charge is 2.15. The molecule has 1 amide bonds. The van der Waals surface area contributed by atoms with Crippen LogP contribution in [0.2, 0.25) is 0 Å². The Morgan fingerprint density at radius 2 is 2.05 bits per heavy atom. The first-order chi connectivity index (χ1) is 8.95. The number of aromatic amines is 1. The number of H-pyrrole nitrogens is 1. The number of rotatable bonds is 6. The lowest BCUT2D eigenvalue weighted by molar-refractivity contribution is -0.141. The van der Waals surface area contributed by atoms with Crippen molar-refractivity contribution in [1.29, 1.82) is 0 Å². The summed E-state index contributed by atoms with van der Waals surface area (Å²) in [5, 5.41) is 6.93. The Kier molecular flexibility index (Phi) is 5.54. The van der Waals surface area contributed by atoms with Gasteiger partial charge in [0.15, 0.2) is 0 Å². The van der Waals surface area contributed by atoms with Gasteiger partial charge in [-0.15, -0.1) is 0 Å². The highest BCUT2D eigenvalue weighted by atomic mass is 16.5. The number of aromatic nitrogens is 2. The van der Waals surface area contributed by atoms with Crippen molar-refractivity contribution in [3.8, 4) is 0 Å². The molecule has 0 atom stereocenters. The summed E-state index contributed by atoms with van der Waals surface area (Å²) in [7, 11) is 3.10. The topological polar surface area (TPSA) is 75.3 Å². The first-order valence-electron chi connectivity index (χ1n) is 6.27. The Morgan fingerprint density at radius 1 is 1.37 bits per heavy atom. The van der Waals surface area contributed by atoms with Crippen LogP contribution in [-0.2, 0) is 20.7 Å². The van der Waals surface area contributed by atoms with E-state index in [4.69, 9.17) is 0 Å². The molecule has 0 aliphatic heterocycles. The molecule has 0 aliphatic carbocycles. The lowest BCUT2D eigenvalue weighted by atomic mass is 10.1. The van der Waals surface area contributed by atoms with Crippen LogP contribution in [0.15, 0.2) is 0 Å². The lowest BCUT2D eigenvalue weighted by Crippen LogP contribution is -2.29. The summed E-state index contributed by atoms with van der Waals surface area (Å²) in [6, 6.07) is 0. The number of amides is 1.